The zero-order valence-corrected chi connectivity index (χ0v) is 16.6. The van der Waals surface area contributed by atoms with Gasteiger partial charge in [0.05, 0.1) is 24.4 Å². The fourth-order valence-corrected chi connectivity index (χ4v) is 2.32. The summed E-state index contributed by atoms with van der Waals surface area (Å²) in [6.07, 6.45) is 11.0. The Morgan fingerprint density at radius 2 is 1.89 bits per heavy atom. The van der Waals surface area contributed by atoms with Gasteiger partial charge in [0.25, 0.3) is 0 Å². The molecule has 0 aliphatic carbocycles. The zero-order valence-electron chi connectivity index (χ0n) is 15.8. The highest BCUT2D eigenvalue weighted by molar-refractivity contribution is 7.96. The molecular formula is C20H22O7S. The Hall–Kier alpha value is -2.59. The van der Waals surface area contributed by atoms with Crippen LogP contribution in [0.1, 0.15) is 39.5 Å². The summed E-state index contributed by atoms with van der Waals surface area (Å²) >= 11 is 0.662. The Morgan fingerprint density at radius 3 is 2.46 bits per heavy atom. The quantitative estimate of drug-likeness (QED) is 0.132. The lowest BCUT2D eigenvalue weighted by Crippen LogP contribution is -2.31. The SMILES string of the molecule is C#CC#CCCOC(=O)C(CC)CC(=O)OCC(C#CC#C)(CC)SOOO. The number of hydrogen-bond donors (Lipinski definition) is 1. The molecule has 0 rings (SSSR count). The van der Waals surface area contributed by atoms with Crippen LogP contribution < -0.4 is 0 Å². The summed E-state index contributed by atoms with van der Waals surface area (Å²) in [5.41, 5.74) is 0. The number of rotatable bonds is 12. The third-order valence-electron chi connectivity index (χ3n) is 3.50. The summed E-state index contributed by atoms with van der Waals surface area (Å²) in [4.78, 5) is 24.2. The molecule has 0 saturated carbocycles. The van der Waals surface area contributed by atoms with Crippen LogP contribution in [0.3, 0.4) is 0 Å². The Bertz CT molecular complexity index is 711. The first-order valence-corrected chi connectivity index (χ1v) is 9.12. The molecule has 2 unspecified atom stereocenters. The Balaban J connectivity index is 4.74. The number of terminal acetylenes is 2. The topological polar surface area (TPSA) is 91.3 Å². The highest BCUT2D eigenvalue weighted by Gasteiger charge is 2.32. The second kappa shape index (κ2) is 15.5. The van der Waals surface area contributed by atoms with E-state index in [2.05, 4.69) is 44.9 Å². The van der Waals surface area contributed by atoms with Gasteiger partial charge in [-0.15, -0.1) is 17.2 Å². The molecule has 0 aliphatic heterocycles. The highest BCUT2D eigenvalue weighted by atomic mass is 32.2. The van der Waals surface area contributed by atoms with Crippen molar-refractivity contribution in [1.29, 1.82) is 0 Å². The van der Waals surface area contributed by atoms with Crippen LogP contribution in [-0.4, -0.2) is 35.2 Å². The molecule has 0 aromatic heterocycles. The van der Waals surface area contributed by atoms with Gasteiger partial charge in [-0.1, -0.05) is 30.7 Å². The van der Waals surface area contributed by atoms with Gasteiger partial charge in [-0.25, -0.2) is 5.26 Å². The van der Waals surface area contributed by atoms with Gasteiger partial charge in [0.15, 0.2) is 0 Å². The number of carbonyl (C=O) groups excluding carboxylic acids is 2. The van der Waals surface area contributed by atoms with E-state index in [0.717, 1.165) is 0 Å². The average molecular weight is 406 g/mol. The molecule has 0 bridgehead atoms. The van der Waals surface area contributed by atoms with Gasteiger partial charge in [0.2, 0.25) is 0 Å². The number of esters is 2. The Kier molecular flexibility index (Phi) is 14.0. The van der Waals surface area contributed by atoms with Gasteiger partial charge in [-0.2, -0.15) is 0 Å². The molecule has 0 radical (unpaired) electrons. The standard InChI is InChI=1S/C20H22O7S/c1-5-9-11-12-14-24-19(22)17(7-3)15-18(21)25-16-20(8-4,13-10-6-2)28-27-26-23/h1-2,17,23H,7-8,12,14-16H2,3-4H3. The smallest absolute Gasteiger partial charge is 0.309 e. The van der Waals surface area contributed by atoms with E-state index < -0.39 is 22.6 Å². The molecule has 28 heavy (non-hydrogen) atoms. The summed E-state index contributed by atoms with van der Waals surface area (Å²) in [5, 5.41) is 11.9. The number of carbonyl (C=O) groups is 2. The summed E-state index contributed by atoms with van der Waals surface area (Å²) < 4.78 is 13.7. The lowest BCUT2D eigenvalue weighted by Gasteiger charge is -2.23. The van der Waals surface area contributed by atoms with Crippen molar-refractivity contribution < 1.29 is 33.7 Å². The number of hydrogen-bond acceptors (Lipinski definition) is 8. The van der Waals surface area contributed by atoms with Gasteiger partial charge < -0.3 is 9.47 Å². The average Bonchev–Trinajstić information content (AvgIpc) is 2.71. The van der Waals surface area contributed by atoms with Gasteiger partial charge in [-0.3, -0.25) is 9.59 Å². The minimum absolute atomic E-state index is 0.0921. The first-order chi connectivity index (χ1) is 13.5. The van der Waals surface area contributed by atoms with Crippen LogP contribution in [0.4, 0.5) is 0 Å². The summed E-state index contributed by atoms with van der Waals surface area (Å²) in [5.74, 6) is 12.8. The molecule has 150 valence electrons. The fourth-order valence-electron chi connectivity index (χ4n) is 1.85. The zero-order chi connectivity index (χ0) is 21.3. The molecule has 0 spiro atoms. The fraction of sp³-hybridized carbons (Fsp3) is 0.500. The van der Waals surface area contributed by atoms with Crippen LogP contribution in [0.25, 0.3) is 0 Å². The minimum atomic E-state index is -1.04. The van der Waals surface area contributed by atoms with Gasteiger partial charge in [0, 0.05) is 6.42 Å². The molecule has 8 heteroatoms. The van der Waals surface area contributed by atoms with E-state index in [1.165, 1.54) is 0 Å². The van der Waals surface area contributed by atoms with Gasteiger partial charge >= 0.3 is 11.9 Å². The van der Waals surface area contributed by atoms with E-state index in [0.29, 0.717) is 31.3 Å². The summed E-state index contributed by atoms with van der Waals surface area (Å²) in [7, 11) is 0. The van der Waals surface area contributed by atoms with Crippen LogP contribution in [0.2, 0.25) is 0 Å². The molecule has 0 aromatic carbocycles. The minimum Gasteiger partial charge on any atom is -0.464 e. The van der Waals surface area contributed by atoms with Crippen molar-refractivity contribution >= 4 is 24.0 Å². The number of ether oxygens (including phenoxy) is 2. The van der Waals surface area contributed by atoms with Crippen molar-refractivity contribution in [2.45, 2.75) is 44.3 Å². The third kappa shape index (κ3) is 10.5. The van der Waals surface area contributed by atoms with Crippen molar-refractivity contribution in [3.8, 4) is 48.4 Å². The van der Waals surface area contributed by atoms with Crippen molar-refractivity contribution in [3.05, 3.63) is 0 Å². The van der Waals surface area contributed by atoms with E-state index in [1.807, 2.05) is 0 Å². The molecule has 1 N–H and O–H groups in total. The summed E-state index contributed by atoms with van der Waals surface area (Å²) in [6, 6.07) is 0. The predicted molar refractivity (Wildman–Crippen MR) is 104 cm³/mol. The van der Waals surface area contributed by atoms with Crippen LogP contribution in [0.15, 0.2) is 0 Å². The largest absolute Gasteiger partial charge is 0.464 e. The maximum Gasteiger partial charge on any atom is 0.309 e. The maximum atomic E-state index is 12.1. The monoisotopic (exact) mass is 406 g/mol. The molecular weight excluding hydrogens is 384 g/mol. The molecule has 2 atom stereocenters. The first kappa shape index (κ1) is 25.4. The van der Waals surface area contributed by atoms with Crippen molar-refractivity contribution in [1.82, 2.24) is 0 Å². The first-order valence-electron chi connectivity index (χ1n) is 8.37. The molecule has 7 nitrogen and oxygen atoms in total. The molecule has 0 saturated heterocycles. The predicted octanol–water partition coefficient (Wildman–Crippen LogP) is 2.37. The second-order valence-corrected chi connectivity index (χ2v) is 6.39. The normalized spacial score (nSPS) is 12.5. The third-order valence-corrected chi connectivity index (χ3v) is 4.45. The van der Waals surface area contributed by atoms with E-state index in [1.54, 1.807) is 13.8 Å². The van der Waals surface area contributed by atoms with Crippen molar-refractivity contribution in [2.75, 3.05) is 13.2 Å². The van der Waals surface area contributed by atoms with Crippen LogP contribution in [-0.2, 0) is 28.4 Å². The van der Waals surface area contributed by atoms with Gasteiger partial charge in [0.1, 0.15) is 18.0 Å². The van der Waals surface area contributed by atoms with Crippen LogP contribution >= 0.6 is 12.0 Å². The Labute approximate surface area is 169 Å². The van der Waals surface area contributed by atoms with Gasteiger partial charge in [-0.05, 0) is 36.5 Å². The summed E-state index contributed by atoms with van der Waals surface area (Å²) in [6.45, 7) is 3.43. The molecule has 0 aromatic rings. The van der Waals surface area contributed by atoms with Crippen molar-refractivity contribution in [3.63, 3.8) is 0 Å². The van der Waals surface area contributed by atoms with E-state index >= 15 is 0 Å². The lowest BCUT2D eigenvalue weighted by atomic mass is 10.0. The van der Waals surface area contributed by atoms with Crippen LogP contribution in [0.5, 0.6) is 0 Å². The van der Waals surface area contributed by atoms with Crippen LogP contribution in [0, 0.1) is 54.3 Å². The lowest BCUT2D eigenvalue weighted by molar-refractivity contribution is -0.432. The van der Waals surface area contributed by atoms with Crippen molar-refractivity contribution in [2.24, 2.45) is 5.92 Å². The van der Waals surface area contributed by atoms with E-state index in [-0.39, 0.29) is 19.6 Å². The Morgan fingerprint density at radius 1 is 1.18 bits per heavy atom. The maximum absolute atomic E-state index is 12.1. The molecule has 0 heterocycles. The highest BCUT2D eigenvalue weighted by Crippen LogP contribution is 2.30. The molecule has 0 aliphatic rings. The molecule has 0 amide bonds. The molecule has 0 fully saturated rings. The van der Waals surface area contributed by atoms with E-state index in [9.17, 15) is 9.59 Å². The van der Waals surface area contributed by atoms with E-state index in [4.69, 9.17) is 27.6 Å². The second-order valence-electron chi connectivity index (χ2n) is 5.30.